The maximum Gasteiger partial charge on any atom is 0.344 e. The zero-order chi connectivity index (χ0) is 20.9. The number of hydrogen-bond donors (Lipinski definition) is 2. The number of carbonyl (C=O) groups is 3. The molecule has 1 aliphatic heterocycles. The predicted octanol–water partition coefficient (Wildman–Crippen LogP) is 3.04. The fourth-order valence-corrected chi connectivity index (χ4v) is 3.28. The summed E-state index contributed by atoms with van der Waals surface area (Å²) >= 11 is 0. The summed E-state index contributed by atoms with van der Waals surface area (Å²) in [7, 11) is 0. The third-order valence-corrected chi connectivity index (χ3v) is 4.96. The standard InChI is InChI=1S/C22H25N3O4/c1-3-22(17-8-5-4-6-9-17)20(27)25(21(28)23-22)24-19(26)10-7-15-29-18-13-11-16(2)12-14-18/h4-6,8-9,11-14H,3,7,10,15H2,1-2H3,(H,23,28)(H,24,26)/t22-/m1/s1. The number of imide groups is 1. The molecule has 0 radical (unpaired) electrons. The van der Waals surface area contributed by atoms with E-state index >= 15 is 0 Å². The number of carbonyl (C=O) groups excluding carboxylic acids is 3. The summed E-state index contributed by atoms with van der Waals surface area (Å²) in [6, 6.07) is 16.0. The Morgan fingerprint density at radius 1 is 1.10 bits per heavy atom. The molecule has 1 saturated heterocycles. The summed E-state index contributed by atoms with van der Waals surface area (Å²) in [5.41, 5.74) is 3.08. The third-order valence-electron chi connectivity index (χ3n) is 4.96. The van der Waals surface area contributed by atoms with E-state index in [1.807, 2.05) is 56.3 Å². The molecule has 29 heavy (non-hydrogen) atoms. The van der Waals surface area contributed by atoms with Crippen molar-refractivity contribution in [2.45, 2.75) is 38.6 Å². The Bertz CT molecular complexity index is 883. The van der Waals surface area contributed by atoms with Gasteiger partial charge < -0.3 is 10.1 Å². The van der Waals surface area contributed by atoms with Gasteiger partial charge in [-0.15, -0.1) is 0 Å². The van der Waals surface area contributed by atoms with Gasteiger partial charge in [0.2, 0.25) is 5.91 Å². The number of benzene rings is 2. The van der Waals surface area contributed by atoms with Crippen molar-refractivity contribution < 1.29 is 19.1 Å². The van der Waals surface area contributed by atoms with Crippen LogP contribution in [0.3, 0.4) is 0 Å². The molecule has 1 heterocycles. The number of amides is 4. The maximum atomic E-state index is 13.0. The number of rotatable bonds is 8. The first-order valence-corrected chi connectivity index (χ1v) is 9.67. The quantitative estimate of drug-likeness (QED) is 0.531. The Morgan fingerprint density at radius 3 is 2.45 bits per heavy atom. The smallest absolute Gasteiger partial charge is 0.344 e. The number of ether oxygens (including phenoxy) is 1. The van der Waals surface area contributed by atoms with Crippen LogP contribution in [0.1, 0.15) is 37.3 Å². The van der Waals surface area contributed by atoms with E-state index in [1.54, 1.807) is 12.1 Å². The van der Waals surface area contributed by atoms with Crippen LogP contribution in [0.2, 0.25) is 0 Å². The van der Waals surface area contributed by atoms with Crippen molar-refractivity contribution in [3.05, 3.63) is 65.7 Å². The van der Waals surface area contributed by atoms with Crippen molar-refractivity contribution in [2.75, 3.05) is 6.61 Å². The molecule has 0 saturated carbocycles. The minimum Gasteiger partial charge on any atom is -0.494 e. The number of nitrogens with one attached hydrogen (secondary N) is 2. The minimum absolute atomic E-state index is 0.132. The van der Waals surface area contributed by atoms with Gasteiger partial charge in [-0.2, -0.15) is 5.01 Å². The minimum atomic E-state index is -1.17. The number of aryl methyl sites for hydroxylation is 1. The Hall–Kier alpha value is -3.35. The molecule has 2 aromatic rings. The summed E-state index contributed by atoms with van der Waals surface area (Å²) < 4.78 is 5.59. The predicted molar refractivity (Wildman–Crippen MR) is 108 cm³/mol. The van der Waals surface area contributed by atoms with Gasteiger partial charge in [0.25, 0.3) is 5.91 Å². The van der Waals surface area contributed by atoms with Crippen LogP contribution in [0.15, 0.2) is 54.6 Å². The lowest BCUT2D eigenvalue weighted by Crippen LogP contribution is -2.48. The average Bonchev–Trinajstić information content (AvgIpc) is 2.98. The van der Waals surface area contributed by atoms with Crippen molar-refractivity contribution in [1.82, 2.24) is 15.8 Å². The Balaban J connectivity index is 1.54. The molecule has 2 aromatic carbocycles. The number of hydrogen-bond acceptors (Lipinski definition) is 4. The van der Waals surface area contributed by atoms with Crippen LogP contribution >= 0.6 is 0 Å². The van der Waals surface area contributed by atoms with E-state index in [0.717, 1.165) is 16.3 Å². The lowest BCUT2D eigenvalue weighted by molar-refractivity contribution is -0.139. The highest BCUT2D eigenvalue weighted by molar-refractivity contribution is 6.08. The molecule has 1 fully saturated rings. The van der Waals surface area contributed by atoms with Gasteiger partial charge >= 0.3 is 6.03 Å². The van der Waals surface area contributed by atoms with E-state index in [4.69, 9.17) is 4.74 Å². The number of hydrazine groups is 1. The van der Waals surface area contributed by atoms with E-state index in [2.05, 4.69) is 10.7 Å². The second-order valence-corrected chi connectivity index (χ2v) is 7.00. The maximum absolute atomic E-state index is 13.0. The van der Waals surface area contributed by atoms with Crippen LogP contribution < -0.4 is 15.5 Å². The Labute approximate surface area is 170 Å². The van der Waals surface area contributed by atoms with Gasteiger partial charge in [-0.3, -0.25) is 15.0 Å². The van der Waals surface area contributed by atoms with Crippen LogP contribution in [0, 0.1) is 6.92 Å². The lowest BCUT2D eigenvalue weighted by Gasteiger charge is -2.25. The van der Waals surface area contributed by atoms with Crippen molar-refractivity contribution in [2.24, 2.45) is 0 Å². The van der Waals surface area contributed by atoms with Gasteiger partial charge in [-0.05, 0) is 37.5 Å². The van der Waals surface area contributed by atoms with Gasteiger partial charge in [-0.1, -0.05) is 55.0 Å². The summed E-state index contributed by atoms with van der Waals surface area (Å²) in [6.07, 6.45) is 0.965. The van der Waals surface area contributed by atoms with Crippen LogP contribution in [0.5, 0.6) is 5.75 Å². The largest absolute Gasteiger partial charge is 0.494 e. The van der Waals surface area contributed by atoms with Gasteiger partial charge in [0.15, 0.2) is 0 Å². The highest BCUT2D eigenvalue weighted by Gasteiger charge is 2.52. The van der Waals surface area contributed by atoms with Crippen molar-refractivity contribution >= 4 is 17.8 Å². The molecule has 152 valence electrons. The summed E-state index contributed by atoms with van der Waals surface area (Å²) in [4.78, 5) is 37.6. The Morgan fingerprint density at radius 2 is 1.79 bits per heavy atom. The van der Waals surface area contributed by atoms with Crippen LogP contribution in [0.25, 0.3) is 0 Å². The first-order valence-electron chi connectivity index (χ1n) is 9.67. The second kappa shape index (κ2) is 8.77. The molecule has 3 rings (SSSR count). The molecule has 7 heteroatoms. The molecule has 4 amide bonds. The molecule has 7 nitrogen and oxygen atoms in total. The third kappa shape index (κ3) is 4.39. The molecule has 0 aromatic heterocycles. The molecular formula is C22H25N3O4. The van der Waals surface area contributed by atoms with Crippen LogP contribution in [0.4, 0.5) is 4.79 Å². The zero-order valence-corrected chi connectivity index (χ0v) is 16.6. The molecule has 2 N–H and O–H groups in total. The molecule has 0 spiro atoms. The van der Waals surface area contributed by atoms with Crippen molar-refractivity contribution in [3.8, 4) is 5.75 Å². The topological polar surface area (TPSA) is 87.7 Å². The molecule has 0 aliphatic carbocycles. The van der Waals surface area contributed by atoms with E-state index in [0.29, 0.717) is 25.0 Å². The van der Waals surface area contributed by atoms with Crippen LogP contribution in [-0.4, -0.2) is 29.5 Å². The van der Waals surface area contributed by atoms with Gasteiger partial charge in [0, 0.05) is 6.42 Å². The van der Waals surface area contributed by atoms with Crippen molar-refractivity contribution in [1.29, 1.82) is 0 Å². The van der Waals surface area contributed by atoms with E-state index in [1.165, 1.54) is 0 Å². The average molecular weight is 395 g/mol. The fraction of sp³-hybridized carbons (Fsp3) is 0.318. The van der Waals surface area contributed by atoms with E-state index < -0.39 is 23.4 Å². The first kappa shape index (κ1) is 20.4. The summed E-state index contributed by atoms with van der Waals surface area (Å²) in [6.45, 7) is 4.17. The van der Waals surface area contributed by atoms with E-state index in [9.17, 15) is 14.4 Å². The Kier molecular flexibility index (Phi) is 6.16. The number of nitrogens with zero attached hydrogens (tertiary/aromatic N) is 1. The first-order chi connectivity index (χ1) is 14.0. The van der Waals surface area contributed by atoms with Gasteiger partial charge in [-0.25, -0.2) is 4.79 Å². The normalized spacial score (nSPS) is 18.5. The van der Waals surface area contributed by atoms with Crippen LogP contribution in [-0.2, 0) is 15.1 Å². The number of urea groups is 1. The lowest BCUT2D eigenvalue weighted by atomic mass is 9.87. The highest BCUT2D eigenvalue weighted by Crippen LogP contribution is 2.31. The van der Waals surface area contributed by atoms with Crippen molar-refractivity contribution in [3.63, 3.8) is 0 Å². The monoisotopic (exact) mass is 395 g/mol. The summed E-state index contributed by atoms with van der Waals surface area (Å²) in [5.74, 6) is -0.165. The van der Waals surface area contributed by atoms with Gasteiger partial charge in [0.05, 0.1) is 6.61 Å². The molecule has 0 bridgehead atoms. The second-order valence-electron chi connectivity index (χ2n) is 7.00. The highest BCUT2D eigenvalue weighted by atomic mass is 16.5. The molecule has 0 unspecified atom stereocenters. The summed E-state index contributed by atoms with van der Waals surface area (Å²) in [5, 5.41) is 3.51. The molecule has 1 atom stereocenters. The SMILES string of the molecule is CC[C@]1(c2ccccc2)NC(=O)N(NC(=O)CCCOc2ccc(C)cc2)C1=O. The van der Waals surface area contributed by atoms with Gasteiger partial charge in [0.1, 0.15) is 11.3 Å². The zero-order valence-electron chi connectivity index (χ0n) is 16.6. The van der Waals surface area contributed by atoms with E-state index in [-0.39, 0.29) is 6.42 Å². The molecular weight excluding hydrogens is 370 g/mol. The molecule has 1 aliphatic rings. The fourth-order valence-electron chi connectivity index (χ4n) is 3.28.